The van der Waals surface area contributed by atoms with Crippen LogP contribution in [0.4, 0.5) is 0 Å². The minimum atomic E-state index is -4.25. The molecule has 0 fully saturated rings. The van der Waals surface area contributed by atoms with E-state index in [2.05, 4.69) is 0 Å². The average Bonchev–Trinajstić information content (AvgIpc) is 1.62. The van der Waals surface area contributed by atoms with Gasteiger partial charge in [-0.3, -0.25) is 4.79 Å². The van der Waals surface area contributed by atoms with Crippen molar-refractivity contribution in [1.82, 2.24) is 5.09 Å². The van der Waals surface area contributed by atoms with Gasteiger partial charge in [0.1, 0.15) is 0 Å². The average molecular weight is 152 g/mol. The van der Waals surface area contributed by atoms with Crippen molar-refractivity contribution in [2.75, 3.05) is 0 Å². The summed E-state index contributed by atoms with van der Waals surface area (Å²) in [5, 5.41) is 1.71. The van der Waals surface area contributed by atoms with Gasteiger partial charge in [0.05, 0.1) is 6.04 Å². The van der Waals surface area contributed by atoms with Crippen molar-refractivity contribution in [2.24, 2.45) is 0 Å². The number of rotatable bonds is 3. The van der Waals surface area contributed by atoms with E-state index < -0.39 is 13.8 Å². The van der Waals surface area contributed by atoms with Gasteiger partial charge in [0, 0.05) is 0 Å². The van der Waals surface area contributed by atoms with Crippen LogP contribution in [0.1, 0.15) is 6.92 Å². The lowest BCUT2D eigenvalue weighted by molar-refractivity contribution is 0.354. The predicted molar refractivity (Wildman–Crippen MR) is 30.3 cm³/mol. The monoisotopic (exact) mass is 152 g/mol. The number of hydrogen-bond donors (Lipinski definition) is 3. The van der Waals surface area contributed by atoms with E-state index in [1.54, 1.807) is 5.09 Å². The molecular formula is C3H7NO4P. The Kier molecular flexibility index (Phi) is 3.00. The second-order valence-corrected chi connectivity index (χ2v) is 2.86. The lowest BCUT2D eigenvalue weighted by Crippen LogP contribution is -2.23. The maximum atomic E-state index is 10.0. The first kappa shape index (κ1) is 8.78. The smallest absolute Gasteiger partial charge is 0.313 e. The second kappa shape index (κ2) is 3.08. The van der Waals surface area contributed by atoms with E-state index in [-0.39, 0.29) is 0 Å². The fourth-order valence-corrected chi connectivity index (χ4v) is 0.836. The fraction of sp³-hybridized carbons (Fsp3) is 0.667. The Morgan fingerprint density at radius 1 is 1.67 bits per heavy atom. The molecule has 0 rings (SSSR count). The zero-order valence-electron chi connectivity index (χ0n) is 4.74. The maximum Gasteiger partial charge on any atom is 0.400 e. The van der Waals surface area contributed by atoms with Crippen LogP contribution in [-0.2, 0) is 9.36 Å². The molecule has 1 atom stereocenters. The van der Waals surface area contributed by atoms with Gasteiger partial charge in [-0.1, -0.05) is 0 Å². The van der Waals surface area contributed by atoms with E-state index >= 15 is 0 Å². The third-order valence-corrected chi connectivity index (χ3v) is 1.26. The summed E-state index contributed by atoms with van der Waals surface area (Å²) in [6, 6.07) is -0.925. The molecule has 9 heavy (non-hydrogen) atoms. The van der Waals surface area contributed by atoms with Crippen molar-refractivity contribution in [3.05, 3.63) is 0 Å². The summed E-state index contributed by atoms with van der Waals surface area (Å²) in [6.45, 7) is 1.30. The van der Waals surface area contributed by atoms with Crippen LogP contribution in [-0.4, -0.2) is 22.1 Å². The predicted octanol–water partition coefficient (Wildman–Crippen LogP) is -0.833. The van der Waals surface area contributed by atoms with E-state index in [0.717, 1.165) is 0 Å². The van der Waals surface area contributed by atoms with Gasteiger partial charge in [0.2, 0.25) is 6.29 Å². The molecule has 0 spiro atoms. The molecule has 0 amide bonds. The highest BCUT2D eigenvalue weighted by molar-refractivity contribution is 7.49. The van der Waals surface area contributed by atoms with Gasteiger partial charge in [0.25, 0.3) is 0 Å². The van der Waals surface area contributed by atoms with Crippen LogP contribution in [0.3, 0.4) is 0 Å². The molecule has 0 heterocycles. The zero-order chi connectivity index (χ0) is 7.49. The highest BCUT2D eigenvalue weighted by Gasteiger charge is 2.15. The van der Waals surface area contributed by atoms with E-state index in [1.807, 2.05) is 0 Å². The molecule has 0 bridgehead atoms. The van der Waals surface area contributed by atoms with Crippen molar-refractivity contribution in [3.8, 4) is 0 Å². The van der Waals surface area contributed by atoms with Gasteiger partial charge in [-0.15, -0.1) is 0 Å². The molecule has 0 aromatic carbocycles. The minimum absolute atomic E-state index is 0.925. The molecule has 0 aliphatic heterocycles. The third kappa shape index (κ3) is 5.65. The molecule has 0 aliphatic carbocycles. The summed E-state index contributed by atoms with van der Waals surface area (Å²) in [4.78, 5) is 25.9. The van der Waals surface area contributed by atoms with Crippen molar-refractivity contribution in [3.63, 3.8) is 0 Å². The topological polar surface area (TPSA) is 86.6 Å². The van der Waals surface area contributed by atoms with Crippen LogP contribution in [0.5, 0.6) is 0 Å². The van der Waals surface area contributed by atoms with Crippen molar-refractivity contribution in [2.45, 2.75) is 13.0 Å². The molecule has 1 unspecified atom stereocenters. The van der Waals surface area contributed by atoms with Crippen molar-refractivity contribution >= 4 is 14.0 Å². The summed E-state index contributed by atoms with van der Waals surface area (Å²) in [6.07, 6.45) is 1.37. The molecule has 0 aliphatic rings. The van der Waals surface area contributed by atoms with Crippen molar-refractivity contribution in [1.29, 1.82) is 0 Å². The Labute approximate surface area is 52.3 Å². The first-order valence-corrected chi connectivity index (χ1v) is 3.78. The maximum absolute atomic E-state index is 10.0. The first-order chi connectivity index (χ1) is 3.95. The Balaban J connectivity index is 3.74. The van der Waals surface area contributed by atoms with E-state index in [4.69, 9.17) is 9.79 Å². The summed E-state index contributed by atoms with van der Waals surface area (Å²) in [7, 11) is -4.25. The van der Waals surface area contributed by atoms with Gasteiger partial charge in [0.15, 0.2) is 0 Å². The molecule has 0 aromatic rings. The molecule has 1 radical (unpaired) electrons. The number of hydrogen-bond acceptors (Lipinski definition) is 2. The molecule has 0 aromatic heterocycles. The number of carbonyl (C=O) groups excluding carboxylic acids is 1. The molecule has 3 N–H and O–H groups in total. The largest absolute Gasteiger partial charge is 0.400 e. The van der Waals surface area contributed by atoms with Crippen LogP contribution >= 0.6 is 7.75 Å². The summed E-state index contributed by atoms with van der Waals surface area (Å²) < 4.78 is 10.0. The summed E-state index contributed by atoms with van der Waals surface area (Å²) >= 11 is 0. The van der Waals surface area contributed by atoms with Crippen LogP contribution < -0.4 is 5.09 Å². The third-order valence-electron chi connectivity index (χ3n) is 0.539. The highest BCUT2D eigenvalue weighted by Crippen LogP contribution is 2.28. The Morgan fingerprint density at radius 2 is 2.11 bits per heavy atom. The van der Waals surface area contributed by atoms with E-state index in [9.17, 15) is 9.36 Å². The minimum Gasteiger partial charge on any atom is -0.313 e. The normalized spacial score (nSPS) is 15.0. The molecule has 53 valence electrons. The fourth-order valence-electron chi connectivity index (χ4n) is 0.279. The SMILES string of the molecule is CC([C]=O)NP(=O)(O)O. The lowest BCUT2D eigenvalue weighted by atomic mass is 10.4. The van der Waals surface area contributed by atoms with Gasteiger partial charge in [-0.25, -0.2) is 9.65 Å². The van der Waals surface area contributed by atoms with Gasteiger partial charge >= 0.3 is 7.75 Å². The molecule has 0 saturated carbocycles. The first-order valence-electron chi connectivity index (χ1n) is 2.17. The van der Waals surface area contributed by atoms with Crippen molar-refractivity contribution < 1.29 is 19.1 Å². The highest BCUT2D eigenvalue weighted by atomic mass is 31.2. The molecular weight excluding hydrogens is 145 g/mol. The van der Waals surface area contributed by atoms with Gasteiger partial charge < -0.3 is 9.79 Å². The van der Waals surface area contributed by atoms with Gasteiger partial charge in [-0.2, -0.15) is 0 Å². The van der Waals surface area contributed by atoms with Crippen LogP contribution in [0, 0.1) is 0 Å². The number of nitrogens with one attached hydrogen (secondary N) is 1. The van der Waals surface area contributed by atoms with E-state index in [1.165, 1.54) is 13.2 Å². The van der Waals surface area contributed by atoms with Gasteiger partial charge in [-0.05, 0) is 6.92 Å². The summed E-state index contributed by atoms with van der Waals surface area (Å²) in [5.74, 6) is 0. The Bertz CT molecular complexity index is 141. The lowest BCUT2D eigenvalue weighted by Gasteiger charge is -2.05. The standard InChI is InChI=1S/C3H7NO4P/c1-3(2-5)4-9(6,7)8/h3H,1H3,(H3,4,6,7,8). The molecule has 6 heteroatoms. The quantitative estimate of drug-likeness (QED) is 0.459. The molecule has 5 nitrogen and oxygen atoms in total. The second-order valence-electron chi connectivity index (χ2n) is 1.51. The Morgan fingerprint density at radius 3 is 2.22 bits per heavy atom. The van der Waals surface area contributed by atoms with Crippen LogP contribution in [0.2, 0.25) is 0 Å². The molecule has 0 saturated heterocycles. The zero-order valence-corrected chi connectivity index (χ0v) is 5.63. The van der Waals surface area contributed by atoms with Crippen LogP contribution in [0.15, 0.2) is 0 Å². The Hall–Kier alpha value is -0.220. The van der Waals surface area contributed by atoms with Crippen LogP contribution in [0.25, 0.3) is 0 Å². The van der Waals surface area contributed by atoms with E-state index in [0.29, 0.717) is 0 Å². The summed E-state index contributed by atoms with van der Waals surface area (Å²) in [5.41, 5.74) is 0.